The Morgan fingerprint density at radius 2 is 1.79 bits per heavy atom. The van der Waals surface area contributed by atoms with Crippen LogP contribution in [-0.2, 0) is 19.7 Å². The van der Waals surface area contributed by atoms with Crippen LogP contribution < -0.4 is 5.19 Å². The first kappa shape index (κ1) is 16.7. The predicted molar refractivity (Wildman–Crippen MR) is 84.4 cm³/mol. The second kappa shape index (κ2) is 8.07. The molecule has 1 rings (SSSR count). The molecule has 0 N–H and O–H groups in total. The third-order valence-electron chi connectivity index (χ3n) is 2.91. The number of benzene rings is 1. The molecule has 0 amide bonds. The number of hydrogen-bond donors (Lipinski definition) is 1. The zero-order valence-electron chi connectivity index (χ0n) is 12.2. The van der Waals surface area contributed by atoms with Crippen LogP contribution in [0, 0.1) is 6.92 Å². The summed E-state index contributed by atoms with van der Waals surface area (Å²) >= 11 is 4.34. The number of thiol groups is 1. The van der Waals surface area contributed by atoms with Gasteiger partial charge >= 0.3 is 8.80 Å². The highest BCUT2D eigenvalue weighted by Crippen LogP contribution is 2.15. The Kier molecular flexibility index (Phi) is 7.10. The van der Waals surface area contributed by atoms with Crippen molar-refractivity contribution >= 4 is 26.6 Å². The Hall–Kier alpha value is -0.333. The van der Waals surface area contributed by atoms with Gasteiger partial charge in [0.1, 0.15) is 0 Å². The normalized spacial score (nSPS) is 11.8. The molecule has 0 aromatic heterocycles. The standard InChI is InChI=1S/C14H24O3SSi/c1-5-16-19(15-4,17-6-2)14-8-7-12(3)11-13(14)9-10-18/h7-8,11,18H,5-6,9-10H2,1-4H3. The second-order valence-corrected chi connectivity index (χ2v) is 7.34. The lowest BCUT2D eigenvalue weighted by molar-refractivity contribution is 0.102. The van der Waals surface area contributed by atoms with E-state index in [2.05, 4.69) is 37.8 Å². The van der Waals surface area contributed by atoms with E-state index in [0.717, 1.165) is 17.4 Å². The molecule has 19 heavy (non-hydrogen) atoms. The molecule has 0 saturated heterocycles. The fraction of sp³-hybridized carbons (Fsp3) is 0.571. The van der Waals surface area contributed by atoms with Gasteiger partial charge < -0.3 is 13.3 Å². The molecule has 0 aliphatic heterocycles. The van der Waals surface area contributed by atoms with E-state index >= 15 is 0 Å². The molecule has 0 atom stereocenters. The third kappa shape index (κ3) is 4.06. The van der Waals surface area contributed by atoms with Crippen molar-refractivity contribution in [2.45, 2.75) is 27.2 Å². The SMILES string of the molecule is CCO[Si](OC)(OCC)c1ccc(C)cc1CCS. The summed E-state index contributed by atoms with van der Waals surface area (Å²) in [6, 6.07) is 6.33. The van der Waals surface area contributed by atoms with E-state index in [9.17, 15) is 0 Å². The van der Waals surface area contributed by atoms with E-state index in [1.165, 1.54) is 11.1 Å². The largest absolute Gasteiger partial charge is 0.537 e. The van der Waals surface area contributed by atoms with Crippen LogP contribution in [0.3, 0.4) is 0 Å². The molecule has 3 nitrogen and oxygen atoms in total. The molecule has 0 aliphatic carbocycles. The number of aryl methyl sites for hydroxylation is 2. The molecule has 0 unspecified atom stereocenters. The highest BCUT2D eigenvalue weighted by atomic mass is 32.1. The maximum Gasteiger partial charge on any atom is 0.537 e. The Balaban J connectivity index is 3.27. The number of rotatable bonds is 8. The first-order valence-corrected chi connectivity index (χ1v) is 9.03. The lowest BCUT2D eigenvalue weighted by Gasteiger charge is -2.29. The van der Waals surface area contributed by atoms with Crippen molar-refractivity contribution < 1.29 is 13.3 Å². The van der Waals surface area contributed by atoms with Crippen molar-refractivity contribution in [1.29, 1.82) is 0 Å². The highest BCUT2D eigenvalue weighted by Gasteiger charge is 2.43. The molecule has 5 heteroatoms. The maximum absolute atomic E-state index is 5.90. The van der Waals surface area contributed by atoms with Crippen molar-refractivity contribution in [2.75, 3.05) is 26.1 Å². The summed E-state index contributed by atoms with van der Waals surface area (Å²) in [6.07, 6.45) is 0.887. The van der Waals surface area contributed by atoms with Crippen LogP contribution in [-0.4, -0.2) is 34.9 Å². The van der Waals surface area contributed by atoms with Gasteiger partial charge in [-0.3, -0.25) is 0 Å². The molecule has 0 saturated carbocycles. The van der Waals surface area contributed by atoms with Crippen LogP contribution in [0.15, 0.2) is 18.2 Å². The summed E-state index contributed by atoms with van der Waals surface area (Å²) in [6.45, 7) is 7.17. The third-order valence-corrected chi connectivity index (χ3v) is 6.16. The second-order valence-electron chi connectivity index (χ2n) is 4.26. The van der Waals surface area contributed by atoms with Crippen molar-refractivity contribution in [3.8, 4) is 0 Å². The quantitative estimate of drug-likeness (QED) is 0.590. The fourth-order valence-electron chi connectivity index (χ4n) is 2.15. The van der Waals surface area contributed by atoms with Crippen LogP contribution in [0.5, 0.6) is 0 Å². The monoisotopic (exact) mass is 300 g/mol. The van der Waals surface area contributed by atoms with E-state index < -0.39 is 8.80 Å². The van der Waals surface area contributed by atoms with Crippen LogP contribution in [0.1, 0.15) is 25.0 Å². The van der Waals surface area contributed by atoms with Crippen molar-refractivity contribution in [3.63, 3.8) is 0 Å². The van der Waals surface area contributed by atoms with E-state index in [-0.39, 0.29) is 0 Å². The van der Waals surface area contributed by atoms with Gasteiger partial charge in [0.15, 0.2) is 0 Å². The first-order chi connectivity index (χ1) is 9.13. The van der Waals surface area contributed by atoms with Gasteiger partial charge in [-0.15, -0.1) is 0 Å². The molecule has 0 radical (unpaired) electrons. The molecular formula is C14H24O3SSi. The van der Waals surface area contributed by atoms with Gasteiger partial charge in [0.25, 0.3) is 0 Å². The Labute approximate surface area is 123 Å². The average molecular weight is 300 g/mol. The topological polar surface area (TPSA) is 27.7 Å². The van der Waals surface area contributed by atoms with Crippen LogP contribution in [0.2, 0.25) is 0 Å². The fourth-order valence-corrected chi connectivity index (χ4v) is 4.88. The maximum atomic E-state index is 5.90. The van der Waals surface area contributed by atoms with Gasteiger partial charge in [-0.1, -0.05) is 23.8 Å². The molecule has 0 aliphatic rings. The van der Waals surface area contributed by atoms with Gasteiger partial charge in [-0.05, 0) is 38.5 Å². The zero-order chi connectivity index (χ0) is 14.3. The van der Waals surface area contributed by atoms with Gasteiger partial charge in [0, 0.05) is 25.5 Å². The minimum absolute atomic E-state index is 0.578. The summed E-state index contributed by atoms with van der Waals surface area (Å²) < 4.78 is 17.5. The lowest BCUT2D eigenvalue weighted by atomic mass is 10.1. The summed E-state index contributed by atoms with van der Waals surface area (Å²) in [7, 11) is -1.12. The van der Waals surface area contributed by atoms with Crippen molar-refractivity contribution in [3.05, 3.63) is 29.3 Å². The van der Waals surface area contributed by atoms with Gasteiger partial charge in [0.05, 0.1) is 0 Å². The molecule has 0 heterocycles. The Morgan fingerprint density at radius 1 is 1.16 bits per heavy atom. The first-order valence-electron chi connectivity index (χ1n) is 6.67. The van der Waals surface area contributed by atoms with Crippen LogP contribution in [0.4, 0.5) is 0 Å². The van der Waals surface area contributed by atoms with Crippen LogP contribution in [0.25, 0.3) is 0 Å². The predicted octanol–water partition coefficient (Wildman–Crippen LogP) is 2.33. The number of hydrogen-bond acceptors (Lipinski definition) is 4. The lowest BCUT2D eigenvalue weighted by Crippen LogP contribution is -2.57. The molecule has 0 bridgehead atoms. The molecule has 0 fully saturated rings. The van der Waals surface area contributed by atoms with E-state index in [1.54, 1.807) is 7.11 Å². The molecular weight excluding hydrogens is 276 g/mol. The van der Waals surface area contributed by atoms with Gasteiger partial charge in [-0.25, -0.2) is 0 Å². The van der Waals surface area contributed by atoms with Crippen LogP contribution >= 0.6 is 12.6 Å². The molecule has 1 aromatic rings. The Bertz CT molecular complexity index is 392. The molecule has 108 valence electrons. The van der Waals surface area contributed by atoms with Gasteiger partial charge in [0.2, 0.25) is 0 Å². The molecule has 0 spiro atoms. The minimum Gasteiger partial charge on any atom is -0.373 e. The van der Waals surface area contributed by atoms with E-state index in [1.807, 2.05) is 13.8 Å². The smallest absolute Gasteiger partial charge is 0.373 e. The summed E-state index contributed by atoms with van der Waals surface area (Å²) in [4.78, 5) is 0. The van der Waals surface area contributed by atoms with Gasteiger partial charge in [-0.2, -0.15) is 12.6 Å². The summed E-state index contributed by atoms with van der Waals surface area (Å²) in [5, 5.41) is 1.07. The molecule has 1 aromatic carbocycles. The highest BCUT2D eigenvalue weighted by molar-refractivity contribution is 7.80. The minimum atomic E-state index is -2.78. The Morgan fingerprint density at radius 3 is 2.26 bits per heavy atom. The van der Waals surface area contributed by atoms with Crippen molar-refractivity contribution in [2.24, 2.45) is 0 Å². The van der Waals surface area contributed by atoms with E-state index in [4.69, 9.17) is 13.3 Å². The van der Waals surface area contributed by atoms with E-state index in [0.29, 0.717) is 13.2 Å². The zero-order valence-corrected chi connectivity index (χ0v) is 14.1. The summed E-state index contributed by atoms with van der Waals surface area (Å²) in [5.41, 5.74) is 2.44. The summed E-state index contributed by atoms with van der Waals surface area (Å²) in [5.74, 6) is 0.795. The van der Waals surface area contributed by atoms with Crippen molar-refractivity contribution in [1.82, 2.24) is 0 Å². The average Bonchev–Trinajstić information content (AvgIpc) is 2.39.